The predicted octanol–water partition coefficient (Wildman–Crippen LogP) is 4.87. The van der Waals surface area contributed by atoms with E-state index in [1.807, 2.05) is 13.0 Å². The van der Waals surface area contributed by atoms with Crippen LogP contribution in [0.1, 0.15) is 56.6 Å². The molecule has 2 unspecified atom stereocenters. The average Bonchev–Trinajstić information content (AvgIpc) is 2.52. The van der Waals surface area contributed by atoms with Gasteiger partial charge >= 0.3 is 0 Å². The Labute approximate surface area is 130 Å². The second kappa shape index (κ2) is 6.27. The van der Waals surface area contributed by atoms with Crippen molar-refractivity contribution in [1.29, 1.82) is 0 Å². The van der Waals surface area contributed by atoms with Crippen molar-refractivity contribution < 1.29 is 18.3 Å². The van der Waals surface area contributed by atoms with Crippen LogP contribution in [0.5, 0.6) is 5.75 Å². The quantitative estimate of drug-likeness (QED) is 0.793. The smallest absolute Gasteiger partial charge is 0.201 e. The van der Waals surface area contributed by atoms with Gasteiger partial charge in [-0.15, -0.1) is 0 Å². The van der Waals surface area contributed by atoms with Crippen molar-refractivity contribution in [2.24, 2.45) is 0 Å². The zero-order valence-corrected chi connectivity index (χ0v) is 13.1. The summed E-state index contributed by atoms with van der Waals surface area (Å²) in [4.78, 5) is 0. The Morgan fingerprint density at radius 1 is 1.27 bits per heavy atom. The second-order valence-corrected chi connectivity index (χ2v) is 6.21. The van der Waals surface area contributed by atoms with Gasteiger partial charge in [-0.2, -0.15) is 4.39 Å². The highest BCUT2D eigenvalue weighted by Crippen LogP contribution is 2.38. The third-order valence-corrected chi connectivity index (χ3v) is 4.54. The van der Waals surface area contributed by atoms with Crippen LogP contribution in [0.25, 0.3) is 0 Å². The van der Waals surface area contributed by atoms with Crippen LogP contribution in [-0.4, -0.2) is 12.7 Å². The molecule has 2 nitrogen and oxygen atoms in total. The summed E-state index contributed by atoms with van der Waals surface area (Å²) in [5, 5.41) is 0. The number of fused-ring (bicyclic) bond motifs is 1. The summed E-state index contributed by atoms with van der Waals surface area (Å²) in [6.07, 6.45) is 6.08. The van der Waals surface area contributed by atoms with Gasteiger partial charge in [-0.3, -0.25) is 0 Å². The van der Waals surface area contributed by atoms with Crippen LogP contribution in [0.3, 0.4) is 0 Å². The third-order valence-electron chi connectivity index (χ3n) is 4.54. The number of hydrogen-bond donors (Lipinski definition) is 0. The van der Waals surface area contributed by atoms with Crippen LogP contribution in [0.15, 0.2) is 17.9 Å². The molecule has 0 saturated heterocycles. The Bertz CT molecular complexity index is 595. The van der Waals surface area contributed by atoms with Gasteiger partial charge in [0.2, 0.25) is 5.82 Å². The lowest BCUT2D eigenvalue weighted by molar-refractivity contribution is 0.151. The average molecular weight is 308 g/mol. The molecule has 2 aliphatic rings. The highest BCUT2D eigenvalue weighted by molar-refractivity contribution is 5.43. The van der Waals surface area contributed by atoms with Gasteiger partial charge in [0, 0.05) is 5.92 Å². The SMILES string of the molecule is CCCC1CCc2cc(C3CC=C(C)OC3)c(F)c(F)c2O1. The molecule has 22 heavy (non-hydrogen) atoms. The van der Waals surface area contributed by atoms with Crippen LogP contribution in [0.2, 0.25) is 0 Å². The lowest BCUT2D eigenvalue weighted by Gasteiger charge is -2.29. The maximum Gasteiger partial charge on any atom is 0.201 e. The Balaban J connectivity index is 1.90. The zero-order chi connectivity index (χ0) is 15.7. The molecule has 1 aromatic carbocycles. The largest absolute Gasteiger partial charge is 0.498 e. The number of aryl methyl sites for hydroxylation is 1. The van der Waals surface area contributed by atoms with Crippen LogP contribution < -0.4 is 4.74 Å². The van der Waals surface area contributed by atoms with E-state index in [2.05, 4.69) is 6.92 Å². The van der Waals surface area contributed by atoms with E-state index < -0.39 is 11.6 Å². The molecule has 0 spiro atoms. The van der Waals surface area contributed by atoms with Gasteiger partial charge in [0.1, 0.15) is 0 Å². The van der Waals surface area contributed by atoms with Crippen LogP contribution in [0, 0.1) is 11.6 Å². The molecule has 1 aromatic rings. The van der Waals surface area contributed by atoms with E-state index in [0.29, 0.717) is 18.6 Å². The van der Waals surface area contributed by atoms with Gasteiger partial charge in [-0.05, 0) is 55.9 Å². The molecule has 0 bridgehead atoms. The molecule has 0 aromatic heterocycles. The molecule has 0 N–H and O–H groups in total. The topological polar surface area (TPSA) is 18.5 Å². The first-order valence-electron chi connectivity index (χ1n) is 8.07. The van der Waals surface area contributed by atoms with E-state index in [1.54, 1.807) is 6.07 Å². The van der Waals surface area contributed by atoms with Crippen LogP contribution >= 0.6 is 0 Å². The maximum absolute atomic E-state index is 14.5. The lowest BCUT2D eigenvalue weighted by atomic mass is 9.90. The summed E-state index contributed by atoms with van der Waals surface area (Å²) in [5.74, 6) is -0.774. The van der Waals surface area contributed by atoms with Gasteiger partial charge in [-0.25, -0.2) is 4.39 Å². The van der Waals surface area contributed by atoms with Crippen LogP contribution in [0.4, 0.5) is 8.78 Å². The van der Waals surface area contributed by atoms with Crippen molar-refractivity contribution in [2.75, 3.05) is 6.61 Å². The first kappa shape index (κ1) is 15.3. The zero-order valence-electron chi connectivity index (χ0n) is 13.1. The van der Waals surface area contributed by atoms with Gasteiger partial charge in [-0.1, -0.05) is 13.3 Å². The fourth-order valence-electron chi connectivity index (χ4n) is 3.25. The summed E-state index contributed by atoms with van der Waals surface area (Å²) in [6, 6.07) is 1.78. The normalized spacial score (nSPS) is 24.1. The number of rotatable bonds is 3. The molecule has 0 amide bonds. The van der Waals surface area contributed by atoms with Crippen molar-refractivity contribution in [3.05, 3.63) is 40.7 Å². The van der Waals surface area contributed by atoms with Gasteiger partial charge in [0.25, 0.3) is 0 Å². The Kier molecular flexibility index (Phi) is 4.37. The number of halogens is 2. The Morgan fingerprint density at radius 2 is 2.09 bits per heavy atom. The molecule has 0 radical (unpaired) electrons. The van der Waals surface area contributed by atoms with Crippen molar-refractivity contribution in [1.82, 2.24) is 0 Å². The standard InChI is InChI=1S/C18H22F2O2/c1-3-4-14-8-7-12-9-15(13-6-5-11(2)21-10-13)16(19)17(20)18(12)22-14/h5,9,13-14H,3-4,6-8,10H2,1-2H3. The minimum Gasteiger partial charge on any atom is -0.498 e. The number of hydrogen-bond acceptors (Lipinski definition) is 2. The first-order valence-corrected chi connectivity index (χ1v) is 8.07. The van der Waals surface area contributed by atoms with E-state index in [0.717, 1.165) is 37.0 Å². The van der Waals surface area contributed by atoms with Crippen molar-refractivity contribution in [2.45, 2.75) is 58.0 Å². The van der Waals surface area contributed by atoms with E-state index in [1.165, 1.54) is 0 Å². The van der Waals surface area contributed by atoms with Crippen molar-refractivity contribution in [3.8, 4) is 5.75 Å². The van der Waals surface area contributed by atoms with Crippen molar-refractivity contribution >= 4 is 0 Å². The maximum atomic E-state index is 14.5. The molecular weight excluding hydrogens is 286 g/mol. The van der Waals surface area contributed by atoms with E-state index in [4.69, 9.17) is 9.47 Å². The molecule has 0 fully saturated rings. The fraction of sp³-hybridized carbons (Fsp3) is 0.556. The molecule has 2 atom stereocenters. The van der Waals surface area contributed by atoms with Crippen molar-refractivity contribution in [3.63, 3.8) is 0 Å². The molecule has 4 heteroatoms. The summed E-state index contributed by atoms with van der Waals surface area (Å²) in [5.41, 5.74) is 1.20. The van der Waals surface area contributed by atoms with E-state index in [-0.39, 0.29) is 17.8 Å². The highest BCUT2D eigenvalue weighted by Gasteiger charge is 2.29. The number of ether oxygens (including phenoxy) is 2. The monoisotopic (exact) mass is 308 g/mol. The fourth-order valence-corrected chi connectivity index (χ4v) is 3.25. The van der Waals surface area contributed by atoms with E-state index in [9.17, 15) is 8.78 Å². The lowest BCUT2D eigenvalue weighted by Crippen LogP contribution is -2.24. The first-order chi connectivity index (χ1) is 10.6. The minimum absolute atomic E-state index is 0.000784. The molecular formula is C18H22F2O2. The summed E-state index contributed by atoms with van der Waals surface area (Å²) in [6.45, 7) is 4.34. The number of allylic oxidation sites excluding steroid dienone is 2. The summed E-state index contributed by atoms with van der Waals surface area (Å²) >= 11 is 0. The third kappa shape index (κ3) is 2.83. The van der Waals surface area contributed by atoms with Gasteiger partial charge in [0.05, 0.1) is 18.5 Å². The van der Waals surface area contributed by atoms with Gasteiger partial charge in [0.15, 0.2) is 11.6 Å². The predicted molar refractivity (Wildman–Crippen MR) is 81.1 cm³/mol. The molecule has 0 saturated carbocycles. The van der Waals surface area contributed by atoms with E-state index >= 15 is 0 Å². The van der Waals surface area contributed by atoms with Gasteiger partial charge < -0.3 is 9.47 Å². The van der Waals surface area contributed by atoms with Crippen LogP contribution in [-0.2, 0) is 11.2 Å². The molecule has 3 rings (SSSR count). The molecule has 2 heterocycles. The summed E-state index contributed by atoms with van der Waals surface area (Å²) < 4.78 is 40.0. The highest BCUT2D eigenvalue weighted by atomic mass is 19.2. The Morgan fingerprint density at radius 3 is 2.77 bits per heavy atom. The Hall–Kier alpha value is -1.58. The molecule has 0 aliphatic carbocycles. The summed E-state index contributed by atoms with van der Waals surface area (Å²) in [7, 11) is 0. The number of benzene rings is 1. The minimum atomic E-state index is -0.834. The molecule has 2 aliphatic heterocycles. The molecule has 120 valence electrons. The second-order valence-electron chi connectivity index (χ2n) is 6.21.